The second kappa shape index (κ2) is 6.22. The molecule has 3 N–H and O–H groups in total. The van der Waals surface area contributed by atoms with E-state index in [1.807, 2.05) is 12.1 Å². The van der Waals surface area contributed by atoms with E-state index in [2.05, 4.69) is 5.32 Å². The predicted octanol–water partition coefficient (Wildman–Crippen LogP) is 1.07. The molecule has 0 aromatic heterocycles. The highest BCUT2D eigenvalue weighted by atomic mass is 16.5. The molecule has 0 heterocycles. The van der Waals surface area contributed by atoms with Gasteiger partial charge in [0.1, 0.15) is 0 Å². The highest BCUT2D eigenvalue weighted by molar-refractivity contribution is 5.85. The molecule has 0 bridgehead atoms. The Morgan fingerprint density at radius 2 is 1.76 bits per heavy atom. The van der Waals surface area contributed by atoms with E-state index >= 15 is 0 Å². The number of benzene rings is 1. The predicted molar refractivity (Wildman–Crippen MR) is 78.7 cm³/mol. The third kappa shape index (κ3) is 3.05. The van der Waals surface area contributed by atoms with Crippen LogP contribution in [-0.4, -0.2) is 33.8 Å². The van der Waals surface area contributed by atoms with Crippen molar-refractivity contribution in [2.45, 2.75) is 19.4 Å². The monoisotopic (exact) mass is 294 g/mol. The minimum atomic E-state index is -0.347. The van der Waals surface area contributed by atoms with E-state index in [-0.39, 0.29) is 11.3 Å². The third-order valence-electron chi connectivity index (χ3n) is 3.90. The van der Waals surface area contributed by atoms with Gasteiger partial charge in [0.05, 0.1) is 26.7 Å². The first-order chi connectivity index (χ1) is 10.1. The van der Waals surface area contributed by atoms with Crippen molar-refractivity contribution in [1.29, 1.82) is 0 Å². The maximum atomic E-state index is 12.1. The van der Waals surface area contributed by atoms with Crippen molar-refractivity contribution < 1.29 is 19.0 Å². The number of nitrogens with one attached hydrogen (secondary N) is 1. The summed E-state index contributed by atoms with van der Waals surface area (Å²) in [6.45, 7) is 0.797. The first-order valence-corrected chi connectivity index (χ1v) is 6.87. The highest BCUT2D eigenvalue weighted by Crippen LogP contribution is 2.44. The molecule has 1 fully saturated rings. The second-order valence-corrected chi connectivity index (χ2v) is 5.20. The molecule has 0 spiro atoms. The Labute approximate surface area is 124 Å². The molecule has 6 nitrogen and oxygen atoms in total. The summed E-state index contributed by atoms with van der Waals surface area (Å²) in [7, 11) is 4.68. The van der Waals surface area contributed by atoms with Crippen LogP contribution in [-0.2, 0) is 11.3 Å². The van der Waals surface area contributed by atoms with Crippen LogP contribution in [0.5, 0.6) is 17.2 Å². The molecule has 0 radical (unpaired) electrons. The highest BCUT2D eigenvalue weighted by Gasteiger charge is 2.48. The number of rotatable bonds is 7. The summed E-state index contributed by atoms with van der Waals surface area (Å²) in [5, 5.41) is 2.92. The zero-order valence-corrected chi connectivity index (χ0v) is 12.7. The van der Waals surface area contributed by atoms with Crippen LogP contribution in [0.2, 0.25) is 0 Å². The summed E-state index contributed by atoms with van der Waals surface area (Å²) >= 11 is 0. The molecule has 1 aliphatic carbocycles. The largest absolute Gasteiger partial charge is 0.493 e. The standard InChI is InChI=1S/C15H22N2O4/c1-19-11-6-10(7-12(20-2)13(11)21-3)8-17-14(18)15(9-16)4-5-15/h6-7H,4-5,8-9,16H2,1-3H3,(H,17,18). The lowest BCUT2D eigenvalue weighted by molar-refractivity contribution is -0.126. The average molecular weight is 294 g/mol. The van der Waals surface area contributed by atoms with Crippen molar-refractivity contribution >= 4 is 5.91 Å². The quantitative estimate of drug-likeness (QED) is 0.786. The topological polar surface area (TPSA) is 82.8 Å². The number of amides is 1. The summed E-state index contributed by atoms with van der Waals surface area (Å²) in [5.41, 5.74) is 6.18. The van der Waals surface area contributed by atoms with Crippen molar-refractivity contribution in [3.8, 4) is 17.2 Å². The van der Waals surface area contributed by atoms with Crippen LogP contribution in [0.15, 0.2) is 12.1 Å². The van der Waals surface area contributed by atoms with E-state index in [0.717, 1.165) is 18.4 Å². The minimum absolute atomic E-state index is 0.0127. The Morgan fingerprint density at radius 3 is 2.14 bits per heavy atom. The Hall–Kier alpha value is -1.95. The van der Waals surface area contributed by atoms with E-state index in [1.54, 1.807) is 21.3 Å². The SMILES string of the molecule is COc1cc(CNC(=O)C2(CN)CC2)cc(OC)c1OC. The number of carbonyl (C=O) groups excluding carboxylic acids is 1. The van der Waals surface area contributed by atoms with Crippen molar-refractivity contribution in [2.24, 2.45) is 11.1 Å². The number of ether oxygens (including phenoxy) is 3. The lowest BCUT2D eigenvalue weighted by Crippen LogP contribution is -2.36. The molecule has 2 rings (SSSR count). The molecule has 1 saturated carbocycles. The van der Waals surface area contributed by atoms with Crippen LogP contribution in [0.3, 0.4) is 0 Å². The van der Waals surface area contributed by atoms with Gasteiger partial charge in [0.15, 0.2) is 11.5 Å². The molecule has 1 aliphatic rings. The normalized spacial score (nSPS) is 15.2. The average Bonchev–Trinajstić information content (AvgIpc) is 3.32. The van der Waals surface area contributed by atoms with Gasteiger partial charge < -0.3 is 25.3 Å². The lowest BCUT2D eigenvalue weighted by atomic mass is 10.1. The van der Waals surface area contributed by atoms with Gasteiger partial charge in [0, 0.05) is 13.1 Å². The van der Waals surface area contributed by atoms with E-state index in [1.165, 1.54) is 0 Å². The molecular weight excluding hydrogens is 272 g/mol. The van der Waals surface area contributed by atoms with Crippen LogP contribution in [0.4, 0.5) is 0 Å². The van der Waals surface area contributed by atoms with Crippen LogP contribution in [0.25, 0.3) is 0 Å². The first kappa shape index (κ1) is 15.4. The summed E-state index contributed by atoms with van der Waals surface area (Å²) in [6.07, 6.45) is 1.73. The van der Waals surface area contributed by atoms with Gasteiger partial charge in [-0.05, 0) is 30.5 Å². The molecule has 0 saturated heterocycles. The van der Waals surface area contributed by atoms with Gasteiger partial charge in [-0.25, -0.2) is 0 Å². The van der Waals surface area contributed by atoms with Crippen LogP contribution < -0.4 is 25.3 Å². The van der Waals surface area contributed by atoms with Gasteiger partial charge in [-0.3, -0.25) is 4.79 Å². The van der Waals surface area contributed by atoms with Gasteiger partial charge in [-0.15, -0.1) is 0 Å². The molecule has 1 amide bonds. The van der Waals surface area contributed by atoms with Crippen molar-refractivity contribution in [2.75, 3.05) is 27.9 Å². The Balaban J connectivity index is 2.11. The summed E-state index contributed by atoms with van der Waals surface area (Å²) in [5.74, 6) is 1.69. The third-order valence-corrected chi connectivity index (χ3v) is 3.90. The summed E-state index contributed by atoms with van der Waals surface area (Å²) in [4.78, 5) is 12.1. The van der Waals surface area contributed by atoms with E-state index in [4.69, 9.17) is 19.9 Å². The molecule has 0 atom stereocenters. The van der Waals surface area contributed by atoms with Crippen LogP contribution in [0, 0.1) is 5.41 Å². The maximum absolute atomic E-state index is 12.1. The van der Waals surface area contributed by atoms with Crippen molar-refractivity contribution in [1.82, 2.24) is 5.32 Å². The lowest BCUT2D eigenvalue weighted by Gasteiger charge is -2.16. The smallest absolute Gasteiger partial charge is 0.227 e. The molecule has 116 valence electrons. The number of methoxy groups -OCH3 is 3. The molecule has 1 aromatic carbocycles. The molecule has 21 heavy (non-hydrogen) atoms. The molecular formula is C15H22N2O4. The van der Waals surface area contributed by atoms with Crippen LogP contribution in [0.1, 0.15) is 18.4 Å². The Bertz CT molecular complexity index is 501. The summed E-state index contributed by atoms with van der Waals surface area (Å²) in [6, 6.07) is 3.65. The maximum Gasteiger partial charge on any atom is 0.227 e. The van der Waals surface area contributed by atoms with Crippen LogP contribution >= 0.6 is 0 Å². The molecule has 0 unspecified atom stereocenters. The van der Waals surface area contributed by atoms with Gasteiger partial charge >= 0.3 is 0 Å². The van der Waals surface area contributed by atoms with Gasteiger partial charge in [0.2, 0.25) is 11.7 Å². The summed E-state index contributed by atoms with van der Waals surface area (Å²) < 4.78 is 15.8. The van der Waals surface area contributed by atoms with Crippen molar-refractivity contribution in [3.63, 3.8) is 0 Å². The zero-order valence-electron chi connectivity index (χ0n) is 12.7. The number of hydrogen-bond donors (Lipinski definition) is 2. The Morgan fingerprint density at radius 1 is 1.19 bits per heavy atom. The number of carbonyl (C=O) groups is 1. The number of hydrogen-bond acceptors (Lipinski definition) is 5. The minimum Gasteiger partial charge on any atom is -0.493 e. The Kier molecular flexibility index (Phi) is 4.57. The fraction of sp³-hybridized carbons (Fsp3) is 0.533. The molecule has 6 heteroatoms. The zero-order chi connectivity index (χ0) is 15.5. The van der Waals surface area contributed by atoms with Gasteiger partial charge in [-0.2, -0.15) is 0 Å². The number of nitrogens with two attached hydrogens (primary N) is 1. The fourth-order valence-electron chi connectivity index (χ4n) is 2.28. The van der Waals surface area contributed by atoms with E-state index in [9.17, 15) is 4.79 Å². The molecule has 0 aliphatic heterocycles. The van der Waals surface area contributed by atoms with E-state index in [0.29, 0.717) is 30.3 Å². The van der Waals surface area contributed by atoms with E-state index < -0.39 is 0 Å². The van der Waals surface area contributed by atoms with Gasteiger partial charge in [-0.1, -0.05) is 0 Å². The molecule has 1 aromatic rings. The van der Waals surface area contributed by atoms with Crippen molar-refractivity contribution in [3.05, 3.63) is 17.7 Å². The first-order valence-electron chi connectivity index (χ1n) is 6.87. The van der Waals surface area contributed by atoms with Gasteiger partial charge in [0.25, 0.3) is 0 Å². The fourth-order valence-corrected chi connectivity index (χ4v) is 2.28. The second-order valence-electron chi connectivity index (χ2n) is 5.20.